The van der Waals surface area contributed by atoms with Crippen molar-refractivity contribution in [2.24, 2.45) is 0 Å². The van der Waals surface area contributed by atoms with E-state index in [1.807, 2.05) is 24.3 Å². The van der Waals surface area contributed by atoms with Gasteiger partial charge in [-0.05, 0) is 46.2 Å². The minimum absolute atomic E-state index is 0.00945. The average molecular weight is 946 g/mol. The molecule has 358 valence electrons. The lowest BCUT2D eigenvalue weighted by Gasteiger charge is -2.24. The van der Waals surface area contributed by atoms with Gasteiger partial charge in [-0.1, -0.05) is 79.2 Å². The van der Waals surface area contributed by atoms with Crippen LogP contribution < -0.4 is 5.32 Å². The molecule has 6 aromatic rings. The zero-order valence-corrected chi connectivity index (χ0v) is 37.0. The van der Waals surface area contributed by atoms with Crippen LogP contribution >= 0.6 is 0 Å². The maximum absolute atomic E-state index is 13.3. The standard InChI is InChI=1S/C48H47N7O14/c56-26-39-42(64-23-7-1-2-12-40(57)67-27-38-36-10-5-3-8-34(36)35-9-4-6-11-37(35)38)43(69-48(59)66-25-22-31-15-19-33(20-16-31)55(62)63)46(68-39)53-29-51-41-44(49-28-50-45(41)53)52-47(58)65-24-21-30-13-17-32(18-14-30)54(60)61/h3-6,8-11,13-20,28-29,38-39,42-43,46,56H,1-2,7,12,21-27H2,(H,49,50,52,58)/t39-,42-,43-,46-/m1/s1. The highest BCUT2D eigenvalue weighted by Crippen LogP contribution is 2.44. The number of non-ortho nitro benzene ring substituents is 2. The van der Waals surface area contributed by atoms with Crippen LogP contribution in [0.2, 0.25) is 0 Å². The Morgan fingerprint density at radius 3 is 1.97 bits per heavy atom. The summed E-state index contributed by atoms with van der Waals surface area (Å²) in [6.45, 7) is -0.331. The number of esters is 1. The molecule has 4 aromatic carbocycles. The van der Waals surface area contributed by atoms with Crippen molar-refractivity contribution >= 4 is 46.6 Å². The van der Waals surface area contributed by atoms with Crippen molar-refractivity contribution in [3.8, 4) is 11.1 Å². The van der Waals surface area contributed by atoms with Gasteiger partial charge in [0.15, 0.2) is 29.3 Å². The molecule has 69 heavy (non-hydrogen) atoms. The fourth-order valence-corrected chi connectivity index (χ4v) is 8.35. The van der Waals surface area contributed by atoms with Gasteiger partial charge >= 0.3 is 18.2 Å². The molecule has 4 atom stereocenters. The maximum atomic E-state index is 13.3. The molecule has 8 rings (SSSR count). The number of ether oxygens (including phenoxy) is 6. The number of benzene rings is 4. The second kappa shape index (κ2) is 22.3. The van der Waals surface area contributed by atoms with Crippen LogP contribution in [0.4, 0.5) is 26.8 Å². The van der Waals surface area contributed by atoms with E-state index in [0.29, 0.717) is 30.4 Å². The summed E-state index contributed by atoms with van der Waals surface area (Å²) in [5.74, 6) is -0.361. The van der Waals surface area contributed by atoms with E-state index in [0.717, 1.165) is 22.3 Å². The van der Waals surface area contributed by atoms with Crippen LogP contribution in [-0.4, -0.2) is 104 Å². The number of aromatic nitrogens is 4. The monoisotopic (exact) mass is 945 g/mol. The summed E-state index contributed by atoms with van der Waals surface area (Å²) < 4.78 is 36.3. The summed E-state index contributed by atoms with van der Waals surface area (Å²) in [7, 11) is 0. The molecule has 1 aliphatic carbocycles. The van der Waals surface area contributed by atoms with Crippen molar-refractivity contribution in [3.63, 3.8) is 0 Å². The van der Waals surface area contributed by atoms with E-state index < -0.39 is 53.2 Å². The summed E-state index contributed by atoms with van der Waals surface area (Å²) in [5, 5.41) is 35.1. The molecule has 1 aliphatic heterocycles. The maximum Gasteiger partial charge on any atom is 0.508 e. The highest BCUT2D eigenvalue weighted by atomic mass is 16.7. The third kappa shape index (κ3) is 11.5. The highest BCUT2D eigenvalue weighted by Gasteiger charge is 2.49. The Morgan fingerprint density at radius 2 is 1.35 bits per heavy atom. The van der Waals surface area contributed by atoms with Crippen LogP contribution in [-0.2, 0) is 46.1 Å². The molecule has 1 amide bonds. The van der Waals surface area contributed by atoms with Crippen molar-refractivity contribution < 1.29 is 57.8 Å². The van der Waals surface area contributed by atoms with Crippen LogP contribution in [0.3, 0.4) is 0 Å². The quantitative estimate of drug-likeness (QED) is 0.0234. The number of nitrogens with zero attached hydrogens (tertiary/aromatic N) is 6. The van der Waals surface area contributed by atoms with Gasteiger partial charge in [0, 0.05) is 56.1 Å². The Bertz CT molecular complexity index is 2740. The third-order valence-corrected chi connectivity index (χ3v) is 11.8. The van der Waals surface area contributed by atoms with E-state index in [2.05, 4.69) is 44.5 Å². The Labute approximate surface area is 393 Å². The van der Waals surface area contributed by atoms with E-state index in [9.17, 15) is 39.7 Å². The number of amides is 1. The first-order valence-electron chi connectivity index (χ1n) is 22.2. The van der Waals surface area contributed by atoms with Gasteiger partial charge in [0.05, 0.1) is 36.0 Å². The first-order chi connectivity index (χ1) is 33.6. The number of unbranched alkanes of at least 4 members (excludes halogenated alkanes) is 2. The number of anilines is 1. The molecule has 2 N–H and O–H groups in total. The van der Waals surface area contributed by atoms with Crippen molar-refractivity contribution in [1.29, 1.82) is 0 Å². The average Bonchev–Trinajstić information content (AvgIpc) is 4.04. The number of carbonyl (C=O) groups excluding carboxylic acids is 3. The number of nitro benzene ring substituents is 2. The molecule has 1 saturated heterocycles. The van der Waals surface area contributed by atoms with E-state index in [1.54, 1.807) is 24.3 Å². The molecule has 0 unspecified atom stereocenters. The third-order valence-electron chi connectivity index (χ3n) is 11.8. The second-order valence-corrected chi connectivity index (χ2v) is 16.1. The predicted molar refractivity (Wildman–Crippen MR) is 244 cm³/mol. The largest absolute Gasteiger partial charge is 0.508 e. The fraction of sp³-hybridized carbons (Fsp3) is 0.333. The van der Waals surface area contributed by atoms with E-state index in [4.69, 9.17) is 28.4 Å². The Kier molecular flexibility index (Phi) is 15.4. The number of carbonyl (C=O) groups is 3. The topological polar surface area (TPSA) is 269 Å². The first-order valence-corrected chi connectivity index (χ1v) is 22.2. The summed E-state index contributed by atoms with van der Waals surface area (Å²) in [5.41, 5.74) is 6.08. The van der Waals surface area contributed by atoms with Gasteiger partial charge in [-0.15, -0.1) is 0 Å². The number of hydrogen-bond donors (Lipinski definition) is 2. The number of aliphatic hydroxyl groups is 1. The molecule has 21 nitrogen and oxygen atoms in total. The van der Waals surface area contributed by atoms with Crippen LogP contribution in [0.25, 0.3) is 22.3 Å². The molecule has 0 bridgehead atoms. The zero-order valence-electron chi connectivity index (χ0n) is 37.0. The summed E-state index contributed by atoms with van der Waals surface area (Å²) in [6, 6.07) is 27.9. The van der Waals surface area contributed by atoms with Gasteiger partial charge in [-0.3, -0.25) is 34.9 Å². The normalized spacial score (nSPS) is 17.2. The minimum Gasteiger partial charge on any atom is -0.465 e. The number of nitrogens with one attached hydrogen (secondary N) is 1. The van der Waals surface area contributed by atoms with Gasteiger partial charge in [-0.2, -0.15) is 0 Å². The van der Waals surface area contributed by atoms with Crippen LogP contribution in [0.15, 0.2) is 110 Å². The van der Waals surface area contributed by atoms with Gasteiger partial charge in [0.1, 0.15) is 25.1 Å². The molecule has 2 aliphatic rings. The van der Waals surface area contributed by atoms with Crippen molar-refractivity contribution in [1.82, 2.24) is 19.5 Å². The number of hydrogen-bond acceptors (Lipinski definition) is 17. The SMILES string of the molecule is O=C(CCCCCO[C@H]1[C@@H](OC(=O)OCCc2ccc([N+](=O)[O-])cc2)[C@H](n2cnc3c(NC(=O)OCCc4ccc([N+](=O)[O-])cc4)ncnc32)O[C@@H]1CO)OCC1c2ccccc2-c2ccccc21. The number of imidazole rings is 1. The van der Waals surface area contributed by atoms with E-state index >= 15 is 0 Å². The Hall–Kier alpha value is -7.88. The van der Waals surface area contributed by atoms with Gasteiger partial charge in [0.2, 0.25) is 0 Å². The summed E-state index contributed by atoms with van der Waals surface area (Å²) >= 11 is 0. The number of aliphatic hydroxyl groups excluding tert-OH is 1. The van der Waals surface area contributed by atoms with Gasteiger partial charge in [-0.25, -0.2) is 24.5 Å². The molecule has 0 radical (unpaired) electrons. The zero-order chi connectivity index (χ0) is 48.3. The second-order valence-electron chi connectivity index (χ2n) is 16.1. The van der Waals surface area contributed by atoms with Crippen LogP contribution in [0, 0.1) is 20.2 Å². The molecular formula is C48H47N7O14. The number of rotatable bonds is 21. The lowest BCUT2D eigenvalue weighted by atomic mass is 9.98. The summed E-state index contributed by atoms with van der Waals surface area (Å²) in [6.07, 6.45) is -1.52. The minimum atomic E-state index is -1.23. The van der Waals surface area contributed by atoms with Crippen molar-refractivity contribution in [3.05, 3.63) is 152 Å². The molecule has 2 aromatic heterocycles. The van der Waals surface area contributed by atoms with E-state index in [1.165, 1.54) is 41.5 Å². The Balaban J connectivity index is 0.882. The van der Waals surface area contributed by atoms with Gasteiger partial charge < -0.3 is 33.5 Å². The summed E-state index contributed by atoms with van der Waals surface area (Å²) in [4.78, 5) is 72.9. The Morgan fingerprint density at radius 1 is 0.725 bits per heavy atom. The predicted octanol–water partition coefficient (Wildman–Crippen LogP) is 7.39. The molecule has 1 fully saturated rings. The lowest BCUT2D eigenvalue weighted by molar-refractivity contribution is -0.385. The van der Waals surface area contributed by atoms with Gasteiger partial charge in [0.25, 0.3) is 11.4 Å². The molecule has 3 heterocycles. The molecule has 0 saturated carbocycles. The smallest absolute Gasteiger partial charge is 0.465 e. The highest BCUT2D eigenvalue weighted by molar-refractivity contribution is 5.93. The van der Waals surface area contributed by atoms with Crippen molar-refractivity contribution in [2.45, 2.75) is 69.0 Å². The molecule has 21 heteroatoms. The van der Waals surface area contributed by atoms with Crippen molar-refractivity contribution in [2.75, 3.05) is 38.4 Å². The lowest BCUT2D eigenvalue weighted by Crippen LogP contribution is -2.39. The van der Waals surface area contributed by atoms with E-state index in [-0.39, 0.29) is 85.9 Å². The van der Waals surface area contributed by atoms with Crippen LogP contribution in [0.5, 0.6) is 0 Å². The first kappa shape index (κ1) is 47.6. The molecule has 0 spiro atoms. The number of nitro groups is 2. The molecular weight excluding hydrogens is 899 g/mol. The number of fused-ring (bicyclic) bond motifs is 4. The fourth-order valence-electron chi connectivity index (χ4n) is 8.35. The van der Waals surface area contributed by atoms with Crippen LogP contribution in [0.1, 0.15) is 60.1 Å².